The summed E-state index contributed by atoms with van der Waals surface area (Å²) in [6, 6.07) is 4.23. The van der Waals surface area contributed by atoms with Crippen molar-refractivity contribution in [2.24, 2.45) is 0 Å². The largest absolute Gasteiger partial charge is 0.386 e. The van der Waals surface area contributed by atoms with Gasteiger partial charge in [0.05, 0.1) is 49.4 Å². The van der Waals surface area contributed by atoms with E-state index in [0.717, 1.165) is 6.20 Å². The van der Waals surface area contributed by atoms with E-state index in [-0.39, 0.29) is 53.5 Å². The molecule has 10 nitrogen and oxygen atoms in total. The number of aromatic nitrogens is 3. The van der Waals surface area contributed by atoms with E-state index < -0.39 is 35.5 Å². The molecule has 2 N–H and O–H groups in total. The zero-order valence-electron chi connectivity index (χ0n) is 23.5. The smallest absolute Gasteiger partial charge is 0.225 e. The first-order chi connectivity index (χ1) is 19.6. The summed E-state index contributed by atoms with van der Waals surface area (Å²) in [6.07, 6.45) is -0.251. The van der Waals surface area contributed by atoms with Crippen LogP contribution in [0.5, 0.6) is 0 Å². The van der Waals surface area contributed by atoms with Crippen LogP contribution >= 0.6 is 0 Å². The second-order valence-corrected chi connectivity index (χ2v) is 11.5. The molecule has 0 unspecified atom stereocenters. The zero-order chi connectivity index (χ0) is 29.0. The number of ether oxygens (including phenoxy) is 3. The van der Waals surface area contributed by atoms with Crippen LogP contribution < -0.4 is 10.7 Å². The predicted molar refractivity (Wildman–Crippen MR) is 147 cm³/mol. The van der Waals surface area contributed by atoms with Crippen LogP contribution in [-0.4, -0.2) is 81.0 Å². The van der Waals surface area contributed by atoms with Gasteiger partial charge >= 0.3 is 0 Å². The van der Waals surface area contributed by atoms with Gasteiger partial charge in [-0.3, -0.25) is 9.69 Å². The third-order valence-electron chi connectivity index (χ3n) is 8.26. The molecule has 6 rings (SSSR count). The van der Waals surface area contributed by atoms with Crippen LogP contribution in [0.15, 0.2) is 29.2 Å². The van der Waals surface area contributed by atoms with Gasteiger partial charge in [0.2, 0.25) is 11.4 Å². The number of nitrogens with one attached hydrogen (secondary N) is 1. The van der Waals surface area contributed by atoms with Crippen molar-refractivity contribution in [1.29, 1.82) is 0 Å². The van der Waals surface area contributed by atoms with E-state index in [1.807, 2.05) is 32.3 Å². The Morgan fingerprint density at radius 2 is 1.93 bits per heavy atom. The van der Waals surface area contributed by atoms with Crippen molar-refractivity contribution >= 4 is 16.9 Å². The van der Waals surface area contributed by atoms with E-state index in [0.29, 0.717) is 37.3 Å². The van der Waals surface area contributed by atoms with Crippen LogP contribution in [0.2, 0.25) is 0 Å². The number of nitrogens with zero attached hydrogens (tertiary/aromatic N) is 4. The molecule has 220 valence electrons. The number of hydrogen-bond donors (Lipinski definition) is 2. The Hall–Kier alpha value is -3.03. The number of anilines is 1. The Balaban J connectivity index is 1.40. The summed E-state index contributed by atoms with van der Waals surface area (Å²) in [6.45, 7) is 9.58. The van der Waals surface area contributed by atoms with Crippen LogP contribution in [0.4, 0.5) is 14.7 Å². The van der Waals surface area contributed by atoms with Gasteiger partial charge in [-0.15, -0.1) is 0 Å². The van der Waals surface area contributed by atoms with Crippen LogP contribution in [0.3, 0.4) is 0 Å². The second kappa shape index (κ2) is 11.0. The molecule has 3 fully saturated rings. The molecule has 0 aliphatic carbocycles. The fraction of sp³-hybridized carbons (Fsp3) is 0.552. The van der Waals surface area contributed by atoms with Gasteiger partial charge in [-0.1, -0.05) is 6.07 Å². The molecule has 0 spiro atoms. The number of pyridine rings is 1. The lowest BCUT2D eigenvalue weighted by Gasteiger charge is -2.39. The molecule has 3 saturated heterocycles. The maximum Gasteiger partial charge on any atom is 0.225 e. The number of morpholine rings is 1. The van der Waals surface area contributed by atoms with Crippen LogP contribution in [0, 0.1) is 11.6 Å². The van der Waals surface area contributed by atoms with E-state index in [1.54, 1.807) is 12.1 Å². The zero-order valence-corrected chi connectivity index (χ0v) is 23.5. The normalized spacial score (nSPS) is 28.5. The van der Waals surface area contributed by atoms with Crippen molar-refractivity contribution in [3.63, 3.8) is 0 Å². The van der Waals surface area contributed by atoms with Gasteiger partial charge in [-0.25, -0.2) is 18.7 Å². The predicted octanol–water partition coefficient (Wildman–Crippen LogP) is 3.21. The molecule has 2 bridgehead atoms. The fourth-order valence-corrected chi connectivity index (χ4v) is 6.16. The standard InChI is InChI=1S/C29H35F2N5O5/c1-14(2)36-22-7-17(5-6-19(22)26(37)24(31)23(36)10-35-15(3)11-39-12-16(35)4)25-20(30)9-32-29(34-25)33-21-8-18-13-40-28(41-18)27(21)38/h5-7,9,14-16,18,21,27-28,38H,8,10-13H2,1-4H3,(H,32,33,34)/t15-,16-,18-,21+,27-,28+/m0/s1. The summed E-state index contributed by atoms with van der Waals surface area (Å²) in [5.74, 6) is -1.29. The molecule has 0 saturated carbocycles. The molecule has 0 radical (unpaired) electrons. The average Bonchev–Trinajstić information content (AvgIpc) is 3.36. The van der Waals surface area contributed by atoms with E-state index in [2.05, 4.69) is 20.2 Å². The minimum atomic E-state index is -0.933. The molecule has 3 aliphatic rings. The lowest BCUT2D eigenvalue weighted by molar-refractivity contribution is -0.156. The molecule has 1 aromatic carbocycles. The lowest BCUT2D eigenvalue weighted by atomic mass is 10.0. The molecule has 3 aromatic rings. The van der Waals surface area contributed by atoms with Crippen molar-refractivity contribution in [2.75, 3.05) is 25.1 Å². The minimum Gasteiger partial charge on any atom is -0.386 e. The number of rotatable bonds is 6. The number of benzene rings is 1. The number of aliphatic hydroxyl groups is 1. The number of hydrogen-bond acceptors (Lipinski definition) is 9. The van der Waals surface area contributed by atoms with E-state index in [1.165, 1.54) is 6.07 Å². The molecule has 12 heteroatoms. The monoisotopic (exact) mass is 571 g/mol. The summed E-state index contributed by atoms with van der Waals surface area (Å²) in [5, 5.41) is 13.9. The SMILES string of the molecule is CC(C)n1c(CN2[C@@H](C)COC[C@@H]2C)c(F)c(=O)c2ccc(-c3nc(N[C@@H]4C[C@H]5CO[C@H](O5)[C@H]4O)ncc3F)cc21. The number of halogens is 2. The third kappa shape index (κ3) is 5.12. The van der Waals surface area contributed by atoms with Gasteiger partial charge in [-0.05, 0) is 46.2 Å². The minimum absolute atomic E-state index is 0.0224. The highest BCUT2D eigenvalue weighted by Crippen LogP contribution is 2.31. The first-order valence-corrected chi connectivity index (χ1v) is 14.1. The third-order valence-corrected chi connectivity index (χ3v) is 8.26. The van der Waals surface area contributed by atoms with Gasteiger partial charge in [0.15, 0.2) is 17.9 Å². The topological polar surface area (TPSA) is 111 Å². The fourth-order valence-electron chi connectivity index (χ4n) is 6.16. The summed E-state index contributed by atoms with van der Waals surface area (Å²) in [5.41, 5.74) is 0.521. The Labute approximate surface area is 236 Å². The number of aliphatic hydroxyl groups excluding tert-OH is 1. The molecule has 6 atom stereocenters. The summed E-state index contributed by atoms with van der Waals surface area (Å²) in [7, 11) is 0. The van der Waals surface area contributed by atoms with E-state index in [9.17, 15) is 9.90 Å². The Morgan fingerprint density at radius 3 is 2.66 bits per heavy atom. The van der Waals surface area contributed by atoms with Crippen LogP contribution in [0.25, 0.3) is 22.2 Å². The number of fused-ring (bicyclic) bond motifs is 3. The van der Waals surface area contributed by atoms with Gasteiger partial charge in [0.25, 0.3) is 0 Å². The summed E-state index contributed by atoms with van der Waals surface area (Å²) < 4.78 is 49.3. The molecule has 3 aliphatic heterocycles. The molecule has 2 aromatic heterocycles. The van der Waals surface area contributed by atoms with Gasteiger partial charge in [0.1, 0.15) is 11.8 Å². The maximum absolute atomic E-state index is 15.7. The van der Waals surface area contributed by atoms with Crippen molar-refractivity contribution in [2.45, 2.75) is 83.3 Å². The molecule has 0 amide bonds. The highest BCUT2D eigenvalue weighted by molar-refractivity contribution is 5.84. The van der Waals surface area contributed by atoms with Gasteiger partial charge in [0, 0.05) is 35.6 Å². The molecule has 5 heterocycles. The first-order valence-electron chi connectivity index (χ1n) is 14.1. The average molecular weight is 572 g/mol. The Bertz CT molecular complexity index is 1510. The highest BCUT2D eigenvalue weighted by atomic mass is 19.1. The Morgan fingerprint density at radius 1 is 1.17 bits per heavy atom. The van der Waals surface area contributed by atoms with Crippen molar-refractivity contribution < 1.29 is 28.1 Å². The van der Waals surface area contributed by atoms with Crippen molar-refractivity contribution in [3.8, 4) is 11.3 Å². The highest BCUT2D eigenvalue weighted by Gasteiger charge is 2.43. The van der Waals surface area contributed by atoms with Gasteiger partial charge < -0.3 is 29.2 Å². The lowest BCUT2D eigenvalue weighted by Crippen LogP contribution is -2.49. The second-order valence-electron chi connectivity index (χ2n) is 11.5. The summed E-state index contributed by atoms with van der Waals surface area (Å²) >= 11 is 0. The quantitative estimate of drug-likeness (QED) is 0.461. The maximum atomic E-state index is 15.7. The molecular weight excluding hydrogens is 536 g/mol. The van der Waals surface area contributed by atoms with Gasteiger partial charge in [-0.2, -0.15) is 0 Å². The van der Waals surface area contributed by atoms with Crippen molar-refractivity contribution in [1.82, 2.24) is 19.4 Å². The van der Waals surface area contributed by atoms with Crippen LogP contribution in [-0.2, 0) is 20.8 Å². The summed E-state index contributed by atoms with van der Waals surface area (Å²) in [4.78, 5) is 23.9. The van der Waals surface area contributed by atoms with Crippen LogP contribution in [0.1, 0.15) is 45.9 Å². The van der Waals surface area contributed by atoms with E-state index in [4.69, 9.17) is 14.2 Å². The van der Waals surface area contributed by atoms with Crippen molar-refractivity contribution in [3.05, 3.63) is 51.9 Å². The molecular formula is C29H35F2N5O5. The Kier molecular flexibility index (Phi) is 7.53. The van der Waals surface area contributed by atoms with E-state index >= 15 is 8.78 Å². The first kappa shape index (κ1) is 28.1. The molecule has 41 heavy (non-hydrogen) atoms.